The summed E-state index contributed by atoms with van der Waals surface area (Å²) >= 11 is 0. The average Bonchev–Trinajstić information content (AvgIpc) is 2.78. The number of nitrogens with zero attached hydrogens (tertiary/aromatic N) is 1. The van der Waals surface area contributed by atoms with Crippen molar-refractivity contribution in [1.82, 2.24) is 4.31 Å². The maximum atomic E-state index is 13.3. The lowest BCUT2D eigenvalue weighted by atomic mass is 9.98. The first kappa shape index (κ1) is 21.9. The van der Waals surface area contributed by atoms with Crippen LogP contribution in [0.15, 0.2) is 47.4 Å². The monoisotopic (exact) mass is 434 g/mol. The topological polar surface area (TPSA) is 94.2 Å². The predicted molar refractivity (Wildman–Crippen MR) is 113 cm³/mol. The Morgan fingerprint density at radius 1 is 1.03 bits per heavy atom. The number of sulfonamides is 1. The zero-order valence-electron chi connectivity index (χ0n) is 17.3. The summed E-state index contributed by atoms with van der Waals surface area (Å²) in [7, 11) is 0.583. The second-order valence-corrected chi connectivity index (χ2v) is 8.85. The van der Waals surface area contributed by atoms with Crippen molar-refractivity contribution < 1.29 is 27.4 Å². The molecule has 2 aromatic rings. The molecule has 0 spiro atoms. The van der Waals surface area contributed by atoms with E-state index in [1.54, 1.807) is 43.5 Å². The van der Waals surface area contributed by atoms with Crippen LogP contribution in [0.2, 0.25) is 0 Å². The molecule has 0 unspecified atom stereocenters. The molecule has 1 heterocycles. The molecule has 1 aliphatic heterocycles. The predicted octanol–water partition coefficient (Wildman–Crippen LogP) is 2.75. The lowest BCUT2D eigenvalue weighted by Gasteiger charge is -2.31. The van der Waals surface area contributed by atoms with Crippen LogP contribution in [0.4, 0.5) is 5.69 Å². The van der Waals surface area contributed by atoms with Crippen LogP contribution in [-0.4, -0.2) is 53.0 Å². The van der Waals surface area contributed by atoms with Crippen molar-refractivity contribution in [3.05, 3.63) is 42.5 Å². The lowest BCUT2D eigenvalue weighted by molar-refractivity contribution is -0.120. The molecule has 3 rings (SSSR count). The summed E-state index contributed by atoms with van der Waals surface area (Å²) in [5.41, 5.74) is 0.605. The second kappa shape index (κ2) is 9.36. The van der Waals surface area contributed by atoms with Crippen LogP contribution in [0, 0.1) is 5.92 Å². The summed E-state index contributed by atoms with van der Waals surface area (Å²) in [6, 6.07) is 11.7. The highest BCUT2D eigenvalue weighted by Gasteiger charge is 2.35. The zero-order valence-corrected chi connectivity index (χ0v) is 18.1. The molecular weight excluding hydrogens is 408 g/mol. The smallest absolute Gasteiger partial charge is 0.246 e. The standard InChI is InChI=1S/C21H26N2O6S/c1-27-17-8-4-7-16(12-17)22-21(24)15-6-5-11-23(14-15)30(25,26)20-13-18(28-2)9-10-19(20)29-3/h4,7-10,12-13,15H,5-6,11,14H2,1-3H3,(H,22,24)/t15-/m0/s1. The minimum atomic E-state index is -3.86. The number of nitrogens with one attached hydrogen (secondary N) is 1. The van der Waals surface area contributed by atoms with Crippen LogP contribution in [0.5, 0.6) is 17.2 Å². The van der Waals surface area contributed by atoms with Crippen LogP contribution in [0.25, 0.3) is 0 Å². The Hall–Kier alpha value is -2.78. The molecule has 1 atom stereocenters. The van der Waals surface area contributed by atoms with E-state index in [-0.39, 0.29) is 23.1 Å². The van der Waals surface area contributed by atoms with Gasteiger partial charge in [-0.1, -0.05) is 6.07 Å². The number of amides is 1. The Morgan fingerprint density at radius 2 is 1.77 bits per heavy atom. The Bertz CT molecular complexity index is 1010. The quantitative estimate of drug-likeness (QED) is 0.720. The summed E-state index contributed by atoms with van der Waals surface area (Å²) in [6.45, 7) is 0.435. The number of rotatable bonds is 7. The van der Waals surface area contributed by atoms with Gasteiger partial charge in [-0.05, 0) is 37.1 Å². The maximum absolute atomic E-state index is 13.3. The maximum Gasteiger partial charge on any atom is 0.246 e. The van der Waals surface area contributed by atoms with Gasteiger partial charge in [0.2, 0.25) is 15.9 Å². The Labute approximate surface area is 176 Å². The minimum absolute atomic E-state index is 0.0261. The summed E-state index contributed by atoms with van der Waals surface area (Å²) in [4.78, 5) is 12.8. The van der Waals surface area contributed by atoms with Crippen molar-refractivity contribution in [2.45, 2.75) is 17.7 Å². The highest BCUT2D eigenvalue weighted by molar-refractivity contribution is 7.89. The number of ether oxygens (including phenoxy) is 3. The van der Waals surface area contributed by atoms with Gasteiger partial charge < -0.3 is 19.5 Å². The molecule has 2 aromatic carbocycles. The van der Waals surface area contributed by atoms with Crippen molar-refractivity contribution in [2.75, 3.05) is 39.7 Å². The third kappa shape index (κ3) is 4.68. The number of anilines is 1. The molecule has 9 heteroatoms. The highest BCUT2D eigenvalue weighted by Crippen LogP contribution is 2.33. The first-order chi connectivity index (χ1) is 14.4. The van der Waals surface area contributed by atoms with E-state index in [9.17, 15) is 13.2 Å². The number of carbonyl (C=O) groups excluding carboxylic acids is 1. The Morgan fingerprint density at radius 3 is 2.47 bits per heavy atom. The Kier molecular flexibility index (Phi) is 6.84. The molecule has 1 aliphatic rings. The molecule has 0 bridgehead atoms. The molecule has 162 valence electrons. The van der Waals surface area contributed by atoms with Gasteiger partial charge in [-0.15, -0.1) is 0 Å². The van der Waals surface area contributed by atoms with Gasteiger partial charge >= 0.3 is 0 Å². The van der Waals surface area contributed by atoms with Gasteiger partial charge in [0, 0.05) is 30.9 Å². The largest absolute Gasteiger partial charge is 0.497 e. The number of piperidine rings is 1. The lowest BCUT2D eigenvalue weighted by Crippen LogP contribution is -2.43. The first-order valence-corrected chi connectivity index (χ1v) is 11.0. The third-order valence-electron chi connectivity index (χ3n) is 5.08. The van der Waals surface area contributed by atoms with Gasteiger partial charge in [-0.2, -0.15) is 4.31 Å². The summed E-state index contributed by atoms with van der Waals surface area (Å²) in [6.07, 6.45) is 1.19. The Balaban J connectivity index is 1.79. The highest BCUT2D eigenvalue weighted by atomic mass is 32.2. The van der Waals surface area contributed by atoms with Gasteiger partial charge in [-0.25, -0.2) is 8.42 Å². The number of hydrogen-bond donors (Lipinski definition) is 1. The van der Waals surface area contributed by atoms with Crippen molar-refractivity contribution in [1.29, 1.82) is 0 Å². The van der Waals surface area contributed by atoms with Crippen LogP contribution >= 0.6 is 0 Å². The van der Waals surface area contributed by atoms with Crippen molar-refractivity contribution in [2.24, 2.45) is 5.92 Å². The first-order valence-electron chi connectivity index (χ1n) is 9.56. The number of carbonyl (C=O) groups is 1. The van der Waals surface area contributed by atoms with Crippen LogP contribution in [0.1, 0.15) is 12.8 Å². The van der Waals surface area contributed by atoms with Crippen LogP contribution in [0.3, 0.4) is 0 Å². The molecule has 1 N–H and O–H groups in total. The molecule has 1 saturated heterocycles. The molecule has 30 heavy (non-hydrogen) atoms. The third-order valence-corrected chi connectivity index (χ3v) is 6.97. The van der Waals surface area contributed by atoms with E-state index in [1.165, 1.54) is 24.6 Å². The molecular formula is C21H26N2O6S. The average molecular weight is 435 g/mol. The summed E-state index contributed by atoms with van der Waals surface area (Å²) < 4.78 is 43.5. The number of methoxy groups -OCH3 is 3. The number of hydrogen-bond acceptors (Lipinski definition) is 6. The van der Waals surface area contributed by atoms with Crippen molar-refractivity contribution in [3.63, 3.8) is 0 Å². The van der Waals surface area contributed by atoms with E-state index in [1.807, 2.05) is 0 Å². The van der Waals surface area contributed by atoms with Gasteiger partial charge in [0.15, 0.2) is 0 Å². The van der Waals surface area contributed by atoms with E-state index < -0.39 is 15.9 Å². The van der Waals surface area contributed by atoms with Gasteiger partial charge in [0.05, 0.1) is 27.2 Å². The van der Waals surface area contributed by atoms with Crippen LogP contribution in [-0.2, 0) is 14.8 Å². The SMILES string of the molecule is COc1cccc(NC(=O)[C@H]2CCCN(S(=O)(=O)c3cc(OC)ccc3OC)C2)c1. The van der Waals surface area contributed by atoms with Crippen molar-refractivity contribution >= 4 is 21.6 Å². The normalized spacial score (nSPS) is 17.2. The second-order valence-electron chi connectivity index (χ2n) is 6.94. The van der Waals surface area contributed by atoms with Gasteiger partial charge in [0.25, 0.3) is 0 Å². The van der Waals surface area contributed by atoms with E-state index in [0.29, 0.717) is 36.6 Å². The van der Waals surface area contributed by atoms with Gasteiger partial charge in [0.1, 0.15) is 22.1 Å². The van der Waals surface area contributed by atoms with E-state index in [0.717, 1.165) is 0 Å². The van der Waals surface area contributed by atoms with Crippen molar-refractivity contribution in [3.8, 4) is 17.2 Å². The van der Waals surface area contributed by atoms with E-state index >= 15 is 0 Å². The molecule has 0 saturated carbocycles. The minimum Gasteiger partial charge on any atom is -0.497 e. The van der Waals surface area contributed by atoms with E-state index in [2.05, 4.69) is 5.32 Å². The van der Waals surface area contributed by atoms with E-state index in [4.69, 9.17) is 14.2 Å². The fourth-order valence-corrected chi connectivity index (χ4v) is 5.14. The molecule has 0 aromatic heterocycles. The fourth-order valence-electron chi connectivity index (χ4n) is 3.44. The fraction of sp³-hybridized carbons (Fsp3) is 0.381. The zero-order chi connectivity index (χ0) is 21.7. The molecule has 0 aliphatic carbocycles. The molecule has 8 nitrogen and oxygen atoms in total. The summed E-state index contributed by atoms with van der Waals surface area (Å²) in [5, 5.41) is 2.85. The molecule has 1 amide bonds. The van der Waals surface area contributed by atoms with Crippen LogP contribution < -0.4 is 19.5 Å². The molecule has 1 fully saturated rings. The summed E-state index contributed by atoms with van der Waals surface area (Å²) in [5.74, 6) is 0.598. The number of benzene rings is 2. The molecule has 0 radical (unpaired) electrons. The van der Waals surface area contributed by atoms with Gasteiger partial charge in [-0.3, -0.25) is 4.79 Å².